The van der Waals surface area contributed by atoms with E-state index >= 15 is 0 Å². The van der Waals surface area contributed by atoms with Crippen molar-refractivity contribution < 1.29 is 0 Å². The Bertz CT molecular complexity index is 1430. The highest BCUT2D eigenvalue weighted by molar-refractivity contribution is 9.10. The summed E-state index contributed by atoms with van der Waals surface area (Å²) in [5, 5.41) is 0. The zero-order valence-electron chi connectivity index (χ0n) is 19.3. The van der Waals surface area contributed by atoms with Crippen LogP contribution in [-0.2, 0) is 11.8 Å². The van der Waals surface area contributed by atoms with Crippen molar-refractivity contribution in [2.45, 2.75) is 44.4 Å². The Hall–Kier alpha value is -1.93. The van der Waals surface area contributed by atoms with Crippen LogP contribution in [0, 0.1) is 9.54 Å². The van der Waals surface area contributed by atoms with Gasteiger partial charge >= 0.3 is 0 Å². The van der Waals surface area contributed by atoms with Crippen molar-refractivity contribution in [3.63, 3.8) is 0 Å². The maximum Gasteiger partial charge on any atom is 0.200 e. The van der Waals surface area contributed by atoms with Crippen LogP contribution in [0.1, 0.15) is 60.7 Å². The van der Waals surface area contributed by atoms with Crippen molar-refractivity contribution in [2.75, 3.05) is 0 Å². The number of H-pyrrole nitrogens is 2. The lowest BCUT2D eigenvalue weighted by molar-refractivity contribution is 0.664. The van der Waals surface area contributed by atoms with Gasteiger partial charge in [0.1, 0.15) is 11.2 Å². The summed E-state index contributed by atoms with van der Waals surface area (Å²) in [7, 11) is 0. The van der Waals surface area contributed by atoms with Crippen molar-refractivity contribution in [1.29, 1.82) is 0 Å². The topological polar surface area (TPSA) is 44.5 Å². The van der Waals surface area contributed by atoms with Crippen molar-refractivity contribution >= 4 is 56.3 Å². The molecule has 1 aliphatic carbocycles. The lowest BCUT2D eigenvalue weighted by Gasteiger charge is -2.32. The molecule has 0 aliphatic heterocycles. The van der Waals surface area contributed by atoms with Gasteiger partial charge in [-0.05, 0) is 94.9 Å². The van der Waals surface area contributed by atoms with Gasteiger partial charge in [0, 0.05) is 8.95 Å². The first kappa shape index (κ1) is 24.8. The second-order valence-electron chi connectivity index (χ2n) is 8.98. The van der Waals surface area contributed by atoms with E-state index < -0.39 is 5.41 Å². The van der Waals surface area contributed by atoms with Gasteiger partial charge in [0.25, 0.3) is 0 Å². The van der Waals surface area contributed by atoms with Gasteiger partial charge in [-0.1, -0.05) is 94.4 Å². The average Bonchev–Trinajstić information content (AvgIpc) is 3.11. The molecule has 35 heavy (non-hydrogen) atoms. The highest BCUT2D eigenvalue weighted by Crippen LogP contribution is 2.56. The minimum atomic E-state index is -0.685. The Morgan fingerprint density at radius 1 is 0.800 bits per heavy atom. The highest BCUT2D eigenvalue weighted by Gasteiger charge is 2.48. The number of hydrogen-bond acceptors (Lipinski definition) is 3. The van der Waals surface area contributed by atoms with E-state index in [0.29, 0.717) is 9.54 Å². The lowest BCUT2D eigenvalue weighted by atomic mass is 9.71. The van der Waals surface area contributed by atoms with E-state index in [0.717, 1.165) is 37.9 Å². The predicted octanol–water partition coefficient (Wildman–Crippen LogP) is 9.21. The van der Waals surface area contributed by atoms with Gasteiger partial charge in [-0.3, -0.25) is 0 Å². The van der Waals surface area contributed by atoms with Crippen LogP contribution in [0.4, 0.5) is 0 Å². The number of rotatable bonds is 7. The largest absolute Gasteiger partial charge is 0.319 e. The van der Waals surface area contributed by atoms with Gasteiger partial charge in [0.15, 0.2) is 4.77 Å². The van der Waals surface area contributed by atoms with Crippen LogP contribution in [0.3, 0.4) is 0 Å². The van der Waals surface area contributed by atoms with Crippen LogP contribution in [0.5, 0.6) is 0 Å². The fourth-order valence-electron chi connectivity index (χ4n) is 5.22. The van der Waals surface area contributed by atoms with Crippen molar-refractivity contribution in [3.05, 3.63) is 107 Å². The van der Waals surface area contributed by atoms with E-state index in [4.69, 9.17) is 29.4 Å². The molecule has 3 aromatic carbocycles. The molecule has 0 spiro atoms. The smallest absolute Gasteiger partial charge is 0.200 e. The van der Waals surface area contributed by atoms with E-state index in [2.05, 4.69) is 109 Å². The number of hydrogen-bond donors (Lipinski definition) is 2. The van der Waals surface area contributed by atoms with Gasteiger partial charge in [-0.2, -0.15) is 0 Å². The number of aromatic nitrogens is 3. The summed E-state index contributed by atoms with van der Waals surface area (Å²) in [6.45, 7) is 2.25. The van der Waals surface area contributed by atoms with Crippen LogP contribution >= 0.6 is 56.3 Å². The summed E-state index contributed by atoms with van der Waals surface area (Å²) in [6.07, 6.45) is 6.12. The molecule has 1 heterocycles. The first-order chi connectivity index (χ1) is 16.9. The molecule has 0 unspecified atom stereocenters. The average molecular weight is 627 g/mol. The van der Waals surface area contributed by atoms with Crippen LogP contribution < -0.4 is 0 Å². The summed E-state index contributed by atoms with van der Waals surface area (Å²) in [5.74, 6) is 0.721. The molecular weight excluding hydrogens is 602 g/mol. The Balaban J connectivity index is 1.78. The van der Waals surface area contributed by atoms with E-state index in [-0.39, 0.29) is 0 Å². The third-order valence-corrected chi connectivity index (χ3v) is 8.17. The summed E-state index contributed by atoms with van der Waals surface area (Å²) < 4.78 is 2.86. The predicted molar refractivity (Wildman–Crippen MR) is 155 cm³/mol. The minimum Gasteiger partial charge on any atom is -0.319 e. The van der Waals surface area contributed by atoms with Crippen LogP contribution in [0.2, 0.25) is 0 Å². The fourth-order valence-corrected chi connectivity index (χ4v) is 6.39. The number of aromatic amines is 2. The first-order valence-corrected chi connectivity index (χ1v) is 14.2. The maximum absolute atomic E-state index is 5.52. The molecule has 178 valence electrons. The van der Waals surface area contributed by atoms with Crippen molar-refractivity contribution in [1.82, 2.24) is 15.0 Å². The number of aryl methyl sites for hydroxylation is 1. The molecule has 5 rings (SSSR count). The maximum atomic E-state index is 5.52. The summed E-state index contributed by atoms with van der Waals surface area (Å²) >= 11 is 18.4. The number of benzene rings is 3. The lowest BCUT2D eigenvalue weighted by Crippen LogP contribution is -2.31. The molecule has 0 radical (unpaired) electrons. The quantitative estimate of drug-likeness (QED) is 0.140. The van der Waals surface area contributed by atoms with Gasteiger partial charge in [0.05, 0.1) is 0 Å². The van der Waals surface area contributed by atoms with Crippen LogP contribution in [0.15, 0.2) is 69.6 Å². The number of nitrogens with zero attached hydrogens (tertiary/aromatic N) is 1. The third-order valence-electron chi connectivity index (χ3n) is 6.79. The monoisotopic (exact) mass is 625 g/mol. The van der Waals surface area contributed by atoms with Gasteiger partial charge < -0.3 is 9.97 Å². The molecule has 0 saturated carbocycles. The molecular formula is C28H25Br2N3S2. The SMILES string of the molecule is CCCCCCc1ccc(C2(c3nc(=S)[nH]c(=S)[nH]3)c3cc(Br)ccc3-c3ccc(Br)cc32)cc1. The van der Waals surface area contributed by atoms with Gasteiger partial charge in [0.2, 0.25) is 4.77 Å². The number of fused-ring (bicyclic) bond motifs is 3. The number of nitrogens with one attached hydrogen (secondary N) is 2. The summed E-state index contributed by atoms with van der Waals surface area (Å²) in [4.78, 5) is 11.1. The summed E-state index contributed by atoms with van der Waals surface area (Å²) in [5.41, 5.74) is 6.45. The summed E-state index contributed by atoms with van der Waals surface area (Å²) in [6, 6.07) is 21.9. The Labute approximate surface area is 232 Å². The van der Waals surface area contributed by atoms with Crippen molar-refractivity contribution in [2.24, 2.45) is 0 Å². The second-order valence-corrected chi connectivity index (χ2v) is 11.6. The van der Waals surface area contributed by atoms with E-state index in [1.807, 2.05) is 0 Å². The molecule has 0 fully saturated rings. The normalized spacial score (nSPS) is 13.5. The molecule has 3 nitrogen and oxygen atoms in total. The van der Waals surface area contributed by atoms with Gasteiger partial charge in [-0.15, -0.1) is 0 Å². The standard InChI is InChI=1S/C28H25Br2N3S2/c1-2-3-4-5-6-17-7-9-18(10-8-17)28(25-31-26(34)33-27(35)32-25)23-15-19(29)11-13-21(23)22-14-12-20(30)16-24(22)28/h7-16H,2-6H2,1H3,(H2,31,32,33,34,35). The molecule has 0 bridgehead atoms. The zero-order chi connectivity index (χ0) is 24.6. The minimum absolute atomic E-state index is 0.371. The Morgan fingerprint density at radius 3 is 2.00 bits per heavy atom. The molecule has 4 aromatic rings. The first-order valence-electron chi connectivity index (χ1n) is 11.8. The van der Waals surface area contributed by atoms with E-state index in [1.54, 1.807) is 0 Å². The fraction of sp³-hybridized carbons (Fsp3) is 0.250. The van der Waals surface area contributed by atoms with Crippen LogP contribution in [0.25, 0.3) is 11.1 Å². The molecule has 0 atom stereocenters. The molecule has 7 heteroatoms. The Morgan fingerprint density at radius 2 is 1.43 bits per heavy atom. The van der Waals surface area contributed by atoms with E-state index in [9.17, 15) is 0 Å². The number of unbranched alkanes of at least 4 members (excludes halogenated alkanes) is 3. The number of halogens is 2. The highest BCUT2D eigenvalue weighted by atomic mass is 79.9. The molecule has 0 amide bonds. The Kier molecular flexibility index (Phi) is 7.22. The van der Waals surface area contributed by atoms with Crippen LogP contribution in [-0.4, -0.2) is 15.0 Å². The molecule has 1 aromatic heterocycles. The van der Waals surface area contributed by atoms with Gasteiger partial charge in [-0.25, -0.2) is 4.98 Å². The molecule has 1 aliphatic rings. The van der Waals surface area contributed by atoms with E-state index in [1.165, 1.54) is 42.4 Å². The second kappa shape index (κ2) is 10.2. The zero-order valence-corrected chi connectivity index (χ0v) is 24.1. The van der Waals surface area contributed by atoms with Crippen molar-refractivity contribution in [3.8, 4) is 11.1 Å². The third kappa shape index (κ3) is 4.52. The molecule has 0 saturated heterocycles. The molecule has 2 N–H and O–H groups in total.